The summed E-state index contributed by atoms with van der Waals surface area (Å²) in [6, 6.07) is 16.9. The molecule has 3 N–H and O–H groups in total. The Bertz CT molecular complexity index is 1810. The fourth-order valence-electron chi connectivity index (χ4n) is 7.03. The Morgan fingerprint density at radius 1 is 1.00 bits per heavy atom. The number of fused-ring (bicyclic) bond motifs is 3. The molecule has 7 rings (SSSR count). The van der Waals surface area contributed by atoms with Gasteiger partial charge >= 0.3 is 11.9 Å². The predicted octanol–water partition coefficient (Wildman–Crippen LogP) is 6.18. The molecule has 50 heavy (non-hydrogen) atoms. The van der Waals surface area contributed by atoms with Crippen molar-refractivity contribution >= 4 is 46.5 Å². The molecule has 10 nitrogen and oxygen atoms in total. The van der Waals surface area contributed by atoms with E-state index < -0.39 is 17.8 Å². The Kier molecular flexibility index (Phi) is 11.5. The number of carbonyl (C=O) groups excluding carboxylic acids is 1. The van der Waals surface area contributed by atoms with Gasteiger partial charge in [-0.2, -0.15) is 0 Å². The van der Waals surface area contributed by atoms with Gasteiger partial charge in [-0.25, -0.2) is 4.79 Å². The van der Waals surface area contributed by atoms with Gasteiger partial charge in [0.05, 0.1) is 20.1 Å². The van der Waals surface area contributed by atoms with E-state index in [2.05, 4.69) is 10.2 Å². The summed E-state index contributed by atoms with van der Waals surface area (Å²) >= 11 is 14.3. The number of pyridine rings is 1. The number of carbonyl (C=O) groups is 2. The van der Waals surface area contributed by atoms with Crippen LogP contribution in [-0.4, -0.2) is 73.7 Å². The Morgan fingerprint density at radius 2 is 1.70 bits per heavy atom. The van der Waals surface area contributed by atoms with E-state index in [0.29, 0.717) is 41.6 Å². The lowest BCUT2D eigenvalue weighted by Gasteiger charge is -2.44. The standard InChI is InChI=1S/C37H39Cl2N3O7S/c1-47-32-9-8-24(14-33(32)48-2)26(16-28-30(38)19-42(46)20-31(28)39)27-15-25(50-35(27)36(43)44)17-40-18-29(22-6-4-3-5-7-22)37(45)49-34-21-41-12-10-23(34)11-13-41/h3-9,14-15,19-20,23,26,29,34,40H,10-13,16-18,21H2,1-2H3,(H-,43,44,46)/p+1/t26-,29?,34-/m0/s1. The summed E-state index contributed by atoms with van der Waals surface area (Å²) in [5.41, 5.74) is 2.74. The number of nitrogens with zero attached hydrogens (tertiary/aromatic N) is 2. The van der Waals surface area contributed by atoms with Crippen molar-refractivity contribution in [3.05, 3.63) is 109 Å². The highest BCUT2D eigenvalue weighted by Gasteiger charge is 2.38. The fraction of sp³-hybridized carbons (Fsp3) is 0.378. The van der Waals surface area contributed by atoms with Gasteiger partial charge in [-0.15, -0.1) is 11.3 Å². The number of hydrogen-bond acceptors (Lipinski definition) is 9. The van der Waals surface area contributed by atoms with E-state index in [4.69, 9.17) is 37.4 Å². The van der Waals surface area contributed by atoms with Crippen LogP contribution in [0.1, 0.15) is 61.5 Å². The molecule has 2 aromatic carbocycles. The molecule has 0 amide bonds. The molecule has 2 bridgehead atoms. The second-order valence-corrected chi connectivity index (χ2v) is 14.6. The number of carboxylic acids is 1. The van der Waals surface area contributed by atoms with E-state index in [1.54, 1.807) is 13.2 Å². The number of nitrogens with one attached hydrogen (secondary N) is 1. The van der Waals surface area contributed by atoms with Gasteiger partial charge in [-0.3, -0.25) is 14.9 Å². The summed E-state index contributed by atoms with van der Waals surface area (Å²) in [5, 5.41) is 24.2. The van der Waals surface area contributed by atoms with Gasteiger partial charge in [-0.1, -0.05) is 59.6 Å². The number of ether oxygens (including phenoxy) is 3. The highest BCUT2D eigenvalue weighted by atomic mass is 35.5. The van der Waals surface area contributed by atoms with Crippen LogP contribution in [-0.2, 0) is 22.5 Å². The maximum absolute atomic E-state index is 13.7. The van der Waals surface area contributed by atoms with Crippen LogP contribution >= 0.6 is 34.5 Å². The molecular weight excluding hydrogens is 701 g/mol. The number of halogens is 2. The molecule has 3 aliphatic heterocycles. The van der Waals surface area contributed by atoms with Crippen molar-refractivity contribution in [2.24, 2.45) is 5.92 Å². The van der Waals surface area contributed by atoms with Crippen molar-refractivity contribution < 1.29 is 38.8 Å². The molecule has 0 radical (unpaired) electrons. The van der Waals surface area contributed by atoms with Crippen LogP contribution in [0.2, 0.25) is 10.0 Å². The molecule has 1 unspecified atom stereocenters. The van der Waals surface area contributed by atoms with Crippen molar-refractivity contribution in [1.82, 2.24) is 10.2 Å². The maximum Gasteiger partial charge on any atom is 0.346 e. The van der Waals surface area contributed by atoms with Gasteiger partial charge in [0.15, 0.2) is 11.5 Å². The number of aromatic nitrogens is 1. The van der Waals surface area contributed by atoms with E-state index in [9.17, 15) is 19.9 Å². The highest BCUT2D eigenvalue weighted by molar-refractivity contribution is 7.14. The van der Waals surface area contributed by atoms with Crippen molar-refractivity contribution in [3.8, 4) is 11.5 Å². The third kappa shape index (κ3) is 8.03. The van der Waals surface area contributed by atoms with Crippen molar-refractivity contribution in [2.45, 2.75) is 43.7 Å². The lowest BCUT2D eigenvalue weighted by molar-refractivity contribution is -0.904. The van der Waals surface area contributed by atoms with Crippen LogP contribution in [0.15, 0.2) is 67.0 Å². The molecule has 3 aliphatic rings. The molecule has 264 valence electrons. The molecule has 2 aromatic heterocycles. The first kappa shape index (κ1) is 35.9. The molecule has 3 saturated heterocycles. The zero-order chi connectivity index (χ0) is 35.4. The highest BCUT2D eigenvalue weighted by Crippen LogP contribution is 2.41. The first-order valence-electron chi connectivity index (χ1n) is 16.5. The second kappa shape index (κ2) is 16.0. The smallest absolute Gasteiger partial charge is 0.346 e. The first-order valence-corrected chi connectivity index (χ1v) is 18.1. The number of esters is 1. The minimum Gasteiger partial charge on any atom is -0.493 e. The number of methoxy groups -OCH3 is 2. The lowest BCUT2D eigenvalue weighted by atomic mass is 9.85. The van der Waals surface area contributed by atoms with Crippen LogP contribution in [0.5, 0.6) is 11.5 Å². The van der Waals surface area contributed by atoms with Crippen LogP contribution in [0.25, 0.3) is 0 Å². The predicted molar refractivity (Wildman–Crippen MR) is 190 cm³/mol. The van der Waals surface area contributed by atoms with Gasteiger partial charge in [0.2, 0.25) is 12.4 Å². The Morgan fingerprint density at radius 3 is 2.32 bits per heavy atom. The molecule has 13 heteroatoms. The molecule has 0 aliphatic carbocycles. The summed E-state index contributed by atoms with van der Waals surface area (Å²) in [6.45, 7) is 3.55. The van der Waals surface area contributed by atoms with Crippen LogP contribution in [0.4, 0.5) is 0 Å². The van der Waals surface area contributed by atoms with E-state index in [-0.39, 0.29) is 33.4 Å². The summed E-state index contributed by atoms with van der Waals surface area (Å²) in [6.07, 6.45) is 4.90. The van der Waals surface area contributed by atoms with E-state index in [0.717, 1.165) is 53.2 Å². The van der Waals surface area contributed by atoms with Gasteiger partial charge in [0.1, 0.15) is 21.0 Å². The van der Waals surface area contributed by atoms with Crippen LogP contribution in [0.3, 0.4) is 0 Å². The topological polar surface area (TPSA) is 121 Å². The number of aromatic carboxylic acids is 1. The maximum atomic E-state index is 13.7. The van der Waals surface area contributed by atoms with E-state index in [1.807, 2.05) is 48.5 Å². The Hall–Kier alpha value is -3.87. The molecular formula is C37H40Cl2N3O7S+. The molecule has 0 saturated carbocycles. The fourth-order valence-corrected chi connectivity index (χ4v) is 8.66. The summed E-state index contributed by atoms with van der Waals surface area (Å²) in [5.74, 6) is -0.945. The van der Waals surface area contributed by atoms with Crippen molar-refractivity contribution in [3.63, 3.8) is 0 Å². The monoisotopic (exact) mass is 740 g/mol. The largest absolute Gasteiger partial charge is 0.493 e. The minimum atomic E-state index is -1.07. The molecule has 3 fully saturated rings. The Balaban J connectivity index is 1.27. The zero-order valence-corrected chi connectivity index (χ0v) is 30.1. The van der Waals surface area contributed by atoms with Gasteiger partial charge in [0.25, 0.3) is 0 Å². The summed E-state index contributed by atoms with van der Waals surface area (Å²) < 4.78 is 18.0. The zero-order valence-electron chi connectivity index (χ0n) is 27.8. The number of piperidine rings is 3. The number of hydrogen-bond donors (Lipinski definition) is 3. The van der Waals surface area contributed by atoms with Gasteiger partial charge < -0.3 is 24.6 Å². The van der Waals surface area contributed by atoms with Gasteiger partial charge in [0, 0.05) is 40.7 Å². The quantitative estimate of drug-likeness (QED) is 0.0791. The first-order chi connectivity index (χ1) is 24.1. The number of carboxylic acid groups (broad SMARTS) is 1. The minimum absolute atomic E-state index is 0.100. The summed E-state index contributed by atoms with van der Waals surface area (Å²) in [4.78, 5) is 29.7. The van der Waals surface area contributed by atoms with E-state index >= 15 is 0 Å². The third-order valence-corrected chi connectivity index (χ3v) is 11.5. The molecule has 5 heterocycles. The number of benzene rings is 2. The van der Waals surface area contributed by atoms with Crippen molar-refractivity contribution in [1.29, 1.82) is 0 Å². The van der Waals surface area contributed by atoms with Crippen molar-refractivity contribution in [2.75, 3.05) is 40.4 Å². The number of thiophene rings is 1. The molecule has 3 atom stereocenters. The second-order valence-electron chi connectivity index (χ2n) is 12.7. The number of rotatable bonds is 14. The summed E-state index contributed by atoms with van der Waals surface area (Å²) in [7, 11) is 3.08. The lowest BCUT2D eigenvalue weighted by Crippen LogP contribution is -2.52. The molecule has 0 spiro atoms. The van der Waals surface area contributed by atoms with Crippen LogP contribution < -0.4 is 19.5 Å². The van der Waals surface area contributed by atoms with Crippen LogP contribution in [0, 0.1) is 5.92 Å². The van der Waals surface area contributed by atoms with E-state index in [1.165, 1.54) is 30.8 Å². The normalized spacial score (nSPS) is 19.5. The molecule has 4 aromatic rings. The average Bonchev–Trinajstić information content (AvgIpc) is 3.54. The Labute approximate surface area is 305 Å². The third-order valence-electron chi connectivity index (χ3n) is 9.67. The van der Waals surface area contributed by atoms with Gasteiger partial charge in [-0.05, 0) is 73.2 Å². The average molecular weight is 742 g/mol. The SMILES string of the molecule is COc1ccc([C@H](Cc2c(Cl)c[n+](O)cc2Cl)c2cc(CNCC(C(=O)O[C@H]3CN4CCC3CC4)c3ccccc3)sc2C(=O)O)cc1OC.